The lowest BCUT2D eigenvalue weighted by atomic mass is 10.0. The molecule has 0 spiro atoms. The molecule has 1 aliphatic heterocycles. The van der Waals surface area contributed by atoms with Crippen molar-refractivity contribution in [2.24, 2.45) is 4.99 Å². The molecule has 0 aliphatic carbocycles. The topological polar surface area (TPSA) is 39.7 Å². The normalized spacial score (nSPS) is 21.7. The molecule has 19 heavy (non-hydrogen) atoms. The number of aliphatic imine (C=N–C) groups is 1. The first kappa shape index (κ1) is 16.3. The Morgan fingerprint density at radius 3 is 2.74 bits per heavy atom. The maximum absolute atomic E-state index is 4.21. The van der Waals surface area contributed by atoms with E-state index in [4.69, 9.17) is 0 Å². The van der Waals surface area contributed by atoms with Gasteiger partial charge in [-0.2, -0.15) is 0 Å². The molecule has 4 nitrogen and oxygen atoms in total. The molecule has 4 heteroatoms. The largest absolute Gasteiger partial charge is 0.356 e. The number of unbranched alkanes of at least 4 members (excludes halogenated alkanes) is 1. The van der Waals surface area contributed by atoms with E-state index >= 15 is 0 Å². The highest BCUT2D eigenvalue weighted by atomic mass is 15.2. The maximum Gasteiger partial charge on any atom is 0.191 e. The Morgan fingerprint density at radius 2 is 2.11 bits per heavy atom. The van der Waals surface area contributed by atoms with Gasteiger partial charge >= 0.3 is 0 Å². The molecule has 0 saturated carbocycles. The van der Waals surface area contributed by atoms with Crippen molar-refractivity contribution in [3.8, 4) is 0 Å². The molecule has 1 unspecified atom stereocenters. The molecule has 2 N–H and O–H groups in total. The van der Waals surface area contributed by atoms with E-state index in [9.17, 15) is 0 Å². The van der Waals surface area contributed by atoms with E-state index in [1.54, 1.807) is 0 Å². The zero-order valence-corrected chi connectivity index (χ0v) is 13.2. The highest BCUT2D eigenvalue weighted by Gasteiger charge is 2.16. The quantitative estimate of drug-likeness (QED) is 0.441. The minimum Gasteiger partial charge on any atom is -0.356 e. The van der Waals surface area contributed by atoms with Crippen molar-refractivity contribution in [2.75, 3.05) is 26.7 Å². The van der Waals surface area contributed by atoms with Crippen LogP contribution in [0.15, 0.2) is 4.99 Å². The predicted molar refractivity (Wildman–Crippen MR) is 83.8 cm³/mol. The molecule has 1 atom stereocenters. The van der Waals surface area contributed by atoms with E-state index in [0.717, 1.165) is 18.5 Å². The third-order valence-corrected chi connectivity index (χ3v) is 3.75. The van der Waals surface area contributed by atoms with Gasteiger partial charge in [-0.05, 0) is 59.5 Å². The number of rotatable bonds is 6. The Kier molecular flexibility index (Phi) is 7.87. The van der Waals surface area contributed by atoms with Crippen LogP contribution in [0.3, 0.4) is 0 Å². The molecule has 1 fully saturated rings. The van der Waals surface area contributed by atoms with Crippen LogP contribution in [0.2, 0.25) is 0 Å². The number of likely N-dealkylation sites (tertiary alicyclic amines) is 1. The van der Waals surface area contributed by atoms with Crippen LogP contribution in [0.25, 0.3) is 0 Å². The Labute approximate surface area is 119 Å². The second kappa shape index (κ2) is 9.18. The molecular formula is C15H32N4. The third-order valence-electron chi connectivity index (χ3n) is 3.75. The molecule has 0 aromatic heterocycles. The molecule has 0 aromatic rings. The molecule has 0 aromatic carbocycles. The molecular weight excluding hydrogens is 236 g/mol. The van der Waals surface area contributed by atoms with E-state index in [1.165, 1.54) is 45.2 Å². The van der Waals surface area contributed by atoms with Gasteiger partial charge in [0.1, 0.15) is 0 Å². The van der Waals surface area contributed by atoms with Gasteiger partial charge in [0.15, 0.2) is 5.96 Å². The van der Waals surface area contributed by atoms with Gasteiger partial charge in [0.25, 0.3) is 0 Å². The summed E-state index contributed by atoms with van der Waals surface area (Å²) < 4.78 is 0. The van der Waals surface area contributed by atoms with Crippen molar-refractivity contribution in [2.45, 2.75) is 65.0 Å². The first-order valence-corrected chi connectivity index (χ1v) is 7.84. The Balaban J connectivity index is 2.07. The zero-order valence-electron chi connectivity index (χ0n) is 13.2. The maximum atomic E-state index is 4.21. The number of piperidine rings is 1. The summed E-state index contributed by atoms with van der Waals surface area (Å²) in [5.41, 5.74) is 0. The van der Waals surface area contributed by atoms with Crippen LogP contribution in [-0.2, 0) is 0 Å². The molecule has 0 radical (unpaired) electrons. The second-order valence-electron chi connectivity index (χ2n) is 5.89. The van der Waals surface area contributed by atoms with Crippen molar-refractivity contribution >= 4 is 5.96 Å². The SMILES string of the molecule is CN=C(NCCCCN1CCCCC1C)NC(C)C. The first-order chi connectivity index (χ1) is 9.13. The predicted octanol–water partition coefficient (Wildman–Crippen LogP) is 2.21. The van der Waals surface area contributed by atoms with Gasteiger partial charge in [-0.3, -0.25) is 4.99 Å². The van der Waals surface area contributed by atoms with E-state index in [-0.39, 0.29) is 0 Å². The fraction of sp³-hybridized carbons (Fsp3) is 0.933. The van der Waals surface area contributed by atoms with Gasteiger partial charge in [0, 0.05) is 25.7 Å². The summed E-state index contributed by atoms with van der Waals surface area (Å²) in [6, 6.07) is 1.22. The molecule has 1 rings (SSSR count). The average molecular weight is 268 g/mol. The Morgan fingerprint density at radius 1 is 1.32 bits per heavy atom. The van der Waals surface area contributed by atoms with E-state index in [1.807, 2.05) is 7.05 Å². The molecule has 112 valence electrons. The molecule has 0 bridgehead atoms. The molecule has 1 aliphatic rings. The lowest BCUT2D eigenvalue weighted by Gasteiger charge is -2.33. The number of hydrogen-bond donors (Lipinski definition) is 2. The van der Waals surface area contributed by atoms with Crippen LogP contribution in [0, 0.1) is 0 Å². The van der Waals surface area contributed by atoms with E-state index < -0.39 is 0 Å². The summed E-state index contributed by atoms with van der Waals surface area (Å²) in [6.07, 6.45) is 6.66. The van der Waals surface area contributed by atoms with Crippen LogP contribution < -0.4 is 10.6 Å². The summed E-state index contributed by atoms with van der Waals surface area (Å²) in [5, 5.41) is 6.68. The first-order valence-electron chi connectivity index (χ1n) is 7.84. The lowest BCUT2D eigenvalue weighted by molar-refractivity contribution is 0.158. The van der Waals surface area contributed by atoms with Gasteiger partial charge < -0.3 is 15.5 Å². The second-order valence-corrected chi connectivity index (χ2v) is 5.89. The van der Waals surface area contributed by atoms with Gasteiger partial charge in [-0.1, -0.05) is 6.42 Å². The smallest absolute Gasteiger partial charge is 0.191 e. The zero-order chi connectivity index (χ0) is 14.1. The van der Waals surface area contributed by atoms with Crippen LogP contribution >= 0.6 is 0 Å². The minimum atomic E-state index is 0.431. The number of nitrogens with one attached hydrogen (secondary N) is 2. The van der Waals surface area contributed by atoms with Gasteiger partial charge in [-0.15, -0.1) is 0 Å². The standard InChI is InChI=1S/C15H32N4/c1-13(2)18-15(16-4)17-10-6-8-12-19-11-7-5-9-14(19)3/h13-14H,5-12H2,1-4H3,(H2,16,17,18). The van der Waals surface area contributed by atoms with Crippen molar-refractivity contribution in [3.63, 3.8) is 0 Å². The summed E-state index contributed by atoms with van der Waals surface area (Å²) in [4.78, 5) is 6.86. The summed E-state index contributed by atoms with van der Waals surface area (Å²) in [6.45, 7) is 10.2. The fourth-order valence-electron chi connectivity index (χ4n) is 2.60. The van der Waals surface area contributed by atoms with Crippen molar-refractivity contribution < 1.29 is 0 Å². The monoisotopic (exact) mass is 268 g/mol. The van der Waals surface area contributed by atoms with Crippen LogP contribution in [0.4, 0.5) is 0 Å². The van der Waals surface area contributed by atoms with Crippen molar-refractivity contribution in [1.82, 2.24) is 15.5 Å². The summed E-state index contributed by atoms with van der Waals surface area (Å²) in [7, 11) is 1.83. The summed E-state index contributed by atoms with van der Waals surface area (Å²) >= 11 is 0. The van der Waals surface area contributed by atoms with E-state index in [2.05, 4.69) is 41.3 Å². The van der Waals surface area contributed by atoms with Gasteiger partial charge in [-0.25, -0.2) is 0 Å². The number of guanidine groups is 1. The van der Waals surface area contributed by atoms with Gasteiger partial charge in [0.05, 0.1) is 0 Å². The molecule has 0 amide bonds. The van der Waals surface area contributed by atoms with Crippen molar-refractivity contribution in [3.05, 3.63) is 0 Å². The Hall–Kier alpha value is -0.770. The number of hydrogen-bond acceptors (Lipinski definition) is 2. The summed E-state index contributed by atoms with van der Waals surface area (Å²) in [5.74, 6) is 0.918. The average Bonchev–Trinajstić information content (AvgIpc) is 2.38. The van der Waals surface area contributed by atoms with Crippen molar-refractivity contribution in [1.29, 1.82) is 0 Å². The highest BCUT2D eigenvalue weighted by molar-refractivity contribution is 5.79. The van der Waals surface area contributed by atoms with Crippen LogP contribution in [0.5, 0.6) is 0 Å². The number of nitrogens with zero attached hydrogens (tertiary/aromatic N) is 2. The Bertz CT molecular complexity index is 263. The third kappa shape index (κ3) is 6.81. The van der Waals surface area contributed by atoms with Crippen LogP contribution in [0.1, 0.15) is 52.9 Å². The lowest BCUT2D eigenvalue weighted by Crippen LogP contribution is -2.41. The fourth-order valence-corrected chi connectivity index (χ4v) is 2.60. The molecule has 1 heterocycles. The molecule has 1 saturated heterocycles. The van der Waals surface area contributed by atoms with Crippen LogP contribution in [-0.4, -0.2) is 49.6 Å². The van der Waals surface area contributed by atoms with E-state index in [0.29, 0.717) is 6.04 Å². The minimum absolute atomic E-state index is 0.431. The highest BCUT2D eigenvalue weighted by Crippen LogP contribution is 2.16. The van der Waals surface area contributed by atoms with Gasteiger partial charge in [0.2, 0.25) is 0 Å².